The Bertz CT molecular complexity index is 711. The number of phenolic OH excluding ortho intramolecular Hbond substituents is 2. The number of nitrogens with one attached hydrogen (secondary N) is 1. The summed E-state index contributed by atoms with van der Waals surface area (Å²) in [5, 5.41) is 41.2. The summed E-state index contributed by atoms with van der Waals surface area (Å²) in [6.45, 7) is 0. The molecule has 2 rings (SSSR count). The monoisotopic (exact) mass is 290 g/mol. The number of aromatic carboxylic acids is 1. The van der Waals surface area contributed by atoms with Gasteiger partial charge in [-0.15, -0.1) is 0 Å². The van der Waals surface area contributed by atoms with Crippen LogP contribution in [-0.2, 0) is 0 Å². The van der Waals surface area contributed by atoms with E-state index in [4.69, 9.17) is 5.11 Å². The molecule has 108 valence electrons. The average Bonchev–Trinajstić information content (AvgIpc) is 2.42. The number of aromatic hydroxyl groups is 2. The van der Waals surface area contributed by atoms with Gasteiger partial charge in [0.25, 0.3) is 0 Å². The van der Waals surface area contributed by atoms with Crippen LogP contribution in [0.5, 0.6) is 11.5 Å². The zero-order valence-corrected chi connectivity index (χ0v) is 10.5. The molecule has 0 aromatic heterocycles. The number of rotatable bonds is 4. The van der Waals surface area contributed by atoms with Crippen molar-refractivity contribution in [1.82, 2.24) is 0 Å². The molecule has 0 aliphatic heterocycles. The molecule has 2 aromatic rings. The van der Waals surface area contributed by atoms with E-state index in [1.165, 1.54) is 24.3 Å². The number of nitro benzene ring substituents is 1. The Kier molecular flexibility index (Phi) is 3.61. The van der Waals surface area contributed by atoms with E-state index >= 15 is 0 Å². The van der Waals surface area contributed by atoms with Gasteiger partial charge < -0.3 is 20.6 Å². The number of phenols is 2. The molecule has 0 amide bonds. The van der Waals surface area contributed by atoms with Crippen LogP contribution in [0.4, 0.5) is 17.1 Å². The molecule has 8 nitrogen and oxygen atoms in total. The summed E-state index contributed by atoms with van der Waals surface area (Å²) in [7, 11) is 0. The molecule has 0 atom stereocenters. The number of anilines is 2. The summed E-state index contributed by atoms with van der Waals surface area (Å²) in [4.78, 5) is 20.7. The minimum atomic E-state index is -1.08. The minimum Gasteiger partial charge on any atom is -0.506 e. The van der Waals surface area contributed by atoms with Crippen LogP contribution in [0, 0.1) is 10.1 Å². The van der Waals surface area contributed by atoms with Crippen LogP contribution in [0.25, 0.3) is 0 Å². The van der Waals surface area contributed by atoms with Gasteiger partial charge in [0, 0.05) is 17.8 Å². The van der Waals surface area contributed by atoms with Crippen LogP contribution < -0.4 is 5.32 Å². The lowest BCUT2D eigenvalue weighted by Gasteiger charge is -2.09. The molecule has 0 spiro atoms. The second-order valence-corrected chi connectivity index (χ2v) is 4.12. The maximum atomic E-state index is 10.7. The third-order valence-electron chi connectivity index (χ3n) is 2.70. The van der Waals surface area contributed by atoms with E-state index in [1.54, 1.807) is 0 Å². The molecular formula is C13H10N2O6. The van der Waals surface area contributed by atoms with Gasteiger partial charge in [0.2, 0.25) is 0 Å². The molecule has 0 radical (unpaired) electrons. The van der Waals surface area contributed by atoms with E-state index in [9.17, 15) is 25.1 Å². The second kappa shape index (κ2) is 5.37. The predicted octanol–water partition coefficient (Wildman–Crippen LogP) is 2.45. The molecule has 4 N–H and O–H groups in total. The van der Waals surface area contributed by atoms with Crippen molar-refractivity contribution in [1.29, 1.82) is 0 Å². The summed E-state index contributed by atoms with van der Waals surface area (Å²) in [6, 6.07) is 7.41. The van der Waals surface area contributed by atoms with E-state index in [0.29, 0.717) is 5.69 Å². The Labute approximate surface area is 118 Å². The Morgan fingerprint density at radius 3 is 2.24 bits per heavy atom. The first-order chi connectivity index (χ1) is 9.88. The average molecular weight is 290 g/mol. The fraction of sp³-hybridized carbons (Fsp3) is 0. The Morgan fingerprint density at radius 2 is 1.71 bits per heavy atom. The Balaban J connectivity index is 2.32. The van der Waals surface area contributed by atoms with Crippen molar-refractivity contribution >= 4 is 23.0 Å². The van der Waals surface area contributed by atoms with Gasteiger partial charge in [0.1, 0.15) is 5.75 Å². The lowest BCUT2D eigenvalue weighted by Crippen LogP contribution is -1.97. The van der Waals surface area contributed by atoms with Crippen LogP contribution >= 0.6 is 0 Å². The van der Waals surface area contributed by atoms with E-state index in [1.807, 2.05) is 0 Å². The SMILES string of the molecule is O=C(O)c1ccc(Nc2cc([N+](=O)[O-])c(O)cc2O)cc1. The molecule has 21 heavy (non-hydrogen) atoms. The third kappa shape index (κ3) is 3.00. The normalized spacial score (nSPS) is 10.1. The van der Waals surface area contributed by atoms with Gasteiger partial charge in [-0.3, -0.25) is 10.1 Å². The van der Waals surface area contributed by atoms with Gasteiger partial charge in [-0.2, -0.15) is 0 Å². The van der Waals surface area contributed by atoms with Crippen LogP contribution in [0.1, 0.15) is 10.4 Å². The first-order valence-corrected chi connectivity index (χ1v) is 5.69. The third-order valence-corrected chi connectivity index (χ3v) is 2.70. The molecule has 0 aliphatic carbocycles. The molecule has 8 heteroatoms. The molecule has 0 aliphatic rings. The predicted molar refractivity (Wildman–Crippen MR) is 73.1 cm³/mol. The number of benzene rings is 2. The molecule has 0 unspecified atom stereocenters. The van der Waals surface area contributed by atoms with E-state index in [2.05, 4.69) is 5.32 Å². The summed E-state index contributed by atoms with van der Waals surface area (Å²) in [5.74, 6) is -2.10. The highest BCUT2D eigenvalue weighted by molar-refractivity contribution is 5.88. The van der Waals surface area contributed by atoms with Gasteiger partial charge in [-0.25, -0.2) is 4.79 Å². The van der Waals surface area contributed by atoms with Crippen LogP contribution in [-0.4, -0.2) is 26.2 Å². The Hall–Kier alpha value is -3.29. The van der Waals surface area contributed by atoms with Crippen molar-refractivity contribution in [2.75, 3.05) is 5.32 Å². The van der Waals surface area contributed by atoms with Crippen molar-refractivity contribution in [3.8, 4) is 11.5 Å². The molecule has 0 saturated carbocycles. The highest BCUT2D eigenvalue weighted by Gasteiger charge is 2.17. The van der Waals surface area contributed by atoms with E-state index in [0.717, 1.165) is 12.1 Å². The van der Waals surface area contributed by atoms with Crippen molar-refractivity contribution in [3.05, 3.63) is 52.1 Å². The summed E-state index contributed by atoms with van der Waals surface area (Å²) < 4.78 is 0. The smallest absolute Gasteiger partial charge is 0.335 e. The van der Waals surface area contributed by atoms with Gasteiger partial charge in [-0.05, 0) is 24.3 Å². The van der Waals surface area contributed by atoms with Gasteiger partial charge in [-0.1, -0.05) is 0 Å². The maximum absolute atomic E-state index is 10.7. The molecule has 0 fully saturated rings. The lowest BCUT2D eigenvalue weighted by atomic mass is 10.2. The Morgan fingerprint density at radius 1 is 1.10 bits per heavy atom. The molecular weight excluding hydrogens is 280 g/mol. The number of carboxylic acids is 1. The van der Waals surface area contributed by atoms with Crippen LogP contribution in [0.2, 0.25) is 0 Å². The van der Waals surface area contributed by atoms with Gasteiger partial charge >= 0.3 is 11.7 Å². The summed E-state index contributed by atoms with van der Waals surface area (Å²) in [6.07, 6.45) is 0. The molecule has 0 saturated heterocycles. The summed E-state index contributed by atoms with van der Waals surface area (Å²) in [5.41, 5.74) is -0.0308. The first kappa shape index (κ1) is 14.1. The van der Waals surface area contributed by atoms with Crippen molar-refractivity contribution in [2.45, 2.75) is 0 Å². The van der Waals surface area contributed by atoms with Crippen LogP contribution in [0.3, 0.4) is 0 Å². The number of nitro groups is 1. The molecule has 0 bridgehead atoms. The zero-order chi connectivity index (χ0) is 15.6. The zero-order valence-electron chi connectivity index (χ0n) is 10.5. The standard InChI is InChI=1S/C13H10N2O6/c16-11-6-12(17)10(15(20)21)5-9(11)14-8-3-1-7(2-4-8)13(18)19/h1-6,14,16-17H,(H,18,19). The number of hydrogen-bond acceptors (Lipinski definition) is 6. The quantitative estimate of drug-likeness (QED) is 0.294. The van der Waals surface area contributed by atoms with Crippen molar-refractivity contribution in [3.63, 3.8) is 0 Å². The van der Waals surface area contributed by atoms with E-state index in [-0.39, 0.29) is 17.0 Å². The van der Waals surface area contributed by atoms with Crippen molar-refractivity contribution < 1.29 is 25.0 Å². The van der Waals surface area contributed by atoms with Gasteiger partial charge in [0.05, 0.1) is 16.2 Å². The second-order valence-electron chi connectivity index (χ2n) is 4.12. The highest BCUT2D eigenvalue weighted by Crippen LogP contribution is 2.37. The number of hydrogen-bond donors (Lipinski definition) is 4. The van der Waals surface area contributed by atoms with Crippen LogP contribution in [0.15, 0.2) is 36.4 Å². The van der Waals surface area contributed by atoms with Gasteiger partial charge in [0.15, 0.2) is 5.75 Å². The number of nitrogens with zero attached hydrogens (tertiary/aromatic N) is 1. The minimum absolute atomic E-state index is 0.0163. The largest absolute Gasteiger partial charge is 0.506 e. The molecule has 0 heterocycles. The first-order valence-electron chi connectivity index (χ1n) is 5.69. The number of carbonyl (C=O) groups is 1. The maximum Gasteiger partial charge on any atom is 0.335 e. The number of carboxylic acid groups (broad SMARTS) is 1. The topological polar surface area (TPSA) is 133 Å². The molecule has 2 aromatic carbocycles. The van der Waals surface area contributed by atoms with Crippen molar-refractivity contribution in [2.24, 2.45) is 0 Å². The fourth-order valence-corrected chi connectivity index (χ4v) is 1.66. The van der Waals surface area contributed by atoms with E-state index < -0.39 is 22.3 Å². The summed E-state index contributed by atoms with van der Waals surface area (Å²) >= 11 is 0. The fourth-order valence-electron chi connectivity index (χ4n) is 1.66. The lowest BCUT2D eigenvalue weighted by molar-refractivity contribution is -0.385. The highest BCUT2D eigenvalue weighted by atomic mass is 16.6.